The molecule has 0 atom stereocenters. The SMILES string of the molecule is COc1ccc(CN2CC(O)=C(c3nc4cc(OC)ccc4n3C)C2=N)cc1. The summed E-state index contributed by atoms with van der Waals surface area (Å²) in [5.74, 6) is 2.50. The van der Waals surface area contributed by atoms with Gasteiger partial charge in [0, 0.05) is 19.7 Å². The van der Waals surface area contributed by atoms with Crippen molar-refractivity contribution in [2.75, 3.05) is 20.8 Å². The molecule has 7 nitrogen and oxygen atoms in total. The van der Waals surface area contributed by atoms with Crippen LogP contribution in [0.4, 0.5) is 0 Å². The summed E-state index contributed by atoms with van der Waals surface area (Å²) in [5, 5.41) is 19.2. The molecule has 0 unspecified atom stereocenters. The maximum absolute atomic E-state index is 10.6. The fourth-order valence-corrected chi connectivity index (χ4v) is 3.49. The highest BCUT2D eigenvalue weighted by atomic mass is 16.5. The van der Waals surface area contributed by atoms with Crippen LogP contribution in [0.15, 0.2) is 48.2 Å². The average molecular weight is 378 g/mol. The van der Waals surface area contributed by atoms with E-state index in [1.807, 2.05) is 59.0 Å². The lowest BCUT2D eigenvalue weighted by Crippen LogP contribution is -2.26. The summed E-state index contributed by atoms with van der Waals surface area (Å²) in [7, 11) is 5.13. The van der Waals surface area contributed by atoms with Crippen molar-refractivity contribution in [2.24, 2.45) is 7.05 Å². The number of aliphatic hydroxyl groups excluding tert-OH is 1. The van der Waals surface area contributed by atoms with Crippen molar-refractivity contribution in [1.82, 2.24) is 14.5 Å². The molecule has 0 saturated carbocycles. The predicted octanol–water partition coefficient (Wildman–Crippen LogP) is 3.35. The Morgan fingerprint density at radius 1 is 1.07 bits per heavy atom. The molecular formula is C21H22N4O3. The lowest BCUT2D eigenvalue weighted by Gasteiger charge is -2.19. The summed E-state index contributed by atoms with van der Waals surface area (Å²) >= 11 is 0. The van der Waals surface area contributed by atoms with E-state index in [0.717, 1.165) is 28.1 Å². The number of aromatic nitrogens is 2. The second kappa shape index (κ2) is 6.92. The number of amidine groups is 1. The number of aryl methyl sites for hydroxylation is 1. The maximum Gasteiger partial charge on any atom is 0.148 e. The van der Waals surface area contributed by atoms with Gasteiger partial charge in [-0.1, -0.05) is 12.1 Å². The number of hydrogen-bond donors (Lipinski definition) is 2. The number of rotatable bonds is 5. The smallest absolute Gasteiger partial charge is 0.148 e. The summed E-state index contributed by atoms with van der Waals surface area (Å²) in [4.78, 5) is 6.47. The molecule has 1 aliphatic heterocycles. The fourth-order valence-electron chi connectivity index (χ4n) is 3.49. The van der Waals surface area contributed by atoms with Gasteiger partial charge in [-0.15, -0.1) is 0 Å². The number of hydrogen-bond acceptors (Lipinski definition) is 5. The lowest BCUT2D eigenvalue weighted by atomic mass is 10.2. The van der Waals surface area contributed by atoms with Crippen LogP contribution in [0.1, 0.15) is 11.4 Å². The fraction of sp³-hybridized carbons (Fsp3) is 0.238. The Morgan fingerprint density at radius 2 is 1.75 bits per heavy atom. The van der Waals surface area contributed by atoms with Gasteiger partial charge in [0.25, 0.3) is 0 Å². The van der Waals surface area contributed by atoms with Crippen molar-refractivity contribution < 1.29 is 14.6 Å². The molecule has 2 heterocycles. The minimum absolute atomic E-state index is 0.156. The van der Waals surface area contributed by atoms with Gasteiger partial charge in [-0.05, 0) is 29.8 Å². The van der Waals surface area contributed by atoms with E-state index in [2.05, 4.69) is 4.98 Å². The molecule has 0 radical (unpaired) electrons. The van der Waals surface area contributed by atoms with Gasteiger partial charge in [-0.3, -0.25) is 5.41 Å². The van der Waals surface area contributed by atoms with Crippen molar-refractivity contribution in [3.63, 3.8) is 0 Å². The number of benzene rings is 2. The van der Waals surface area contributed by atoms with Crippen LogP contribution in [0.2, 0.25) is 0 Å². The summed E-state index contributed by atoms with van der Waals surface area (Å²) in [6.45, 7) is 0.806. The minimum Gasteiger partial charge on any atom is -0.510 e. The van der Waals surface area contributed by atoms with Crippen LogP contribution in [0.3, 0.4) is 0 Å². The summed E-state index contributed by atoms with van der Waals surface area (Å²) in [5.41, 5.74) is 3.18. The monoisotopic (exact) mass is 378 g/mol. The van der Waals surface area contributed by atoms with E-state index < -0.39 is 0 Å². The molecule has 2 aromatic carbocycles. The van der Waals surface area contributed by atoms with E-state index in [1.165, 1.54) is 0 Å². The standard InChI is InChI=1S/C21H22N4O3/c1-24-17-9-8-15(28-3)10-16(17)23-21(24)19-18(26)12-25(20(19)22)11-13-4-6-14(27-2)7-5-13/h4-10,22,26H,11-12H2,1-3H3. The molecule has 1 aliphatic rings. The highest BCUT2D eigenvalue weighted by Gasteiger charge is 2.31. The molecule has 2 N–H and O–H groups in total. The van der Waals surface area contributed by atoms with Crippen LogP contribution in [0, 0.1) is 5.41 Å². The summed E-state index contributed by atoms with van der Waals surface area (Å²) < 4.78 is 12.4. The number of ether oxygens (including phenoxy) is 2. The average Bonchev–Trinajstić information content (AvgIpc) is 3.17. The number of methoxy groups -OCH3 is 2. The molecule has 4 rings (SSSR count). The Morgan fingerprint density at radius 3 is 2.43 bits per heavy atom. The Labute approximate surface area is 162 Å². The molecule has 0 bridgehead atoms. The van der Waals surface area contributed by atoms with Gasteiger partial charge in [0.1, 0.15) is 28.9 Å². The van der Waals surface area contributed by atoms with E-state index in [-0.39, 0.29) is 18.1 Å². The first-order chi connectivity index (χ1) is 13.5. The first-order valence-corrected chi connectivity index (χ1v) is 8.91. The first-order valence-electron chi connectivity index (χ1n) is 8.91. The van der Waals surface area contributed by atoms with Crippen molar-refractivity contribution in [2.45, 2.75) is 6.54 Å². The van der Waals surface area contributed by atoms with E-state index in [0.29, 0.717) is 17.9 Å². The van der Waals surface area contributed by atoms with Crippen LogP contribution in [0.5, 0.6) is 11.5 Å². The first kappa shape index (κ1) is 17.9. The molecule has 28 heavy (non-hydrogen) atoms. The van der Waals surface area contributed by atoms with Crippen LogP contribution >= 0.6 is 0 Å². The van der Waals surface area contributed by atoms with Crippen LogP contribution < -0.4 is 9.47 Å². The Balaban J connectivity index is 1.63. The second-order valence-corrected chi connectivity index (χ2v) is 6.72. The van der Waals surface area contributed by atoms with Crippen molar-refractivity contribution in [3.8, 4) is 11.5 Å². The Kier molecular flexibility index (Phi) is 4.43. The highest BCUT2D eigenvalue weighted by Crippen LogP contribution is 2.31. The van der Waals surface area contributed by atoms with Gasteiger partial charge < -0.3 is 24.0 Å². The van der Waals surface area contributed by atoms with E-state index in [4.69, 9.17) is 14.9 Å². The molecule has 0 amide bonds. The number of fused-ring (bicyclic) bond motifs is 1. The normalized spacial score (nSPS) is 14.2. The van der Waals surface area contributed by atoms with E-state index in [9.17, 15) is 5.11 Å². The molecule has 1 aromatic heterocycles. The third-order valence-corrected chi connectivity index (χ3v) is 5.03. The van der Waals surface area contributed by atoms with Gasteiger partial charge in [0.05, 0.1) is 37.4 Å². The maximum atomic E-state index is 10.6. The summed E-state index contributed by atoms with van der Waals surface area (Å²) in [6.07, 6.45) is 0. The number of nitrogens with zero attached hydrogens (tertiary/aromatic N) is 3. The zero-order valence-corrected chi connectivity index (χ0v) is 16.1. The summed E-state index contributed by atoms with van der Waals surface area (Å²) in [6, 6.07) is 13.4. The highest BCUT2D eigenvalue weighted by molar-refractivity contribution is 6.23. The van der Waals surface area contributed by atoms with Crippen LogP contribution in [-0.4, -0.2) is 46.2 Å². The molecule has 144 valence electrons. The largest absolute Gasteiger partial charge is 0.510 e. The molecule has 0 spiro atoms. The van der Waals surface area contributed by atoms with Gasteiger partial charge in [0.15, 0.2) is 0 Å². The van der Waals surface area contributed by atoms with E-state index >= 15 is 0 Å². The van der Waals surface area contributed by atoms with Crippen molar-refractivity contribution in [1.29, 1.82) is 5.41 Å². The number of aliphatic hydroxyl groups is 1. The minimum atomic E-state index is 0.156. The van der Waals surface area contributed by atoms with Crippen molar-refractivity contribution >= 4 is 22.4 Å². The third-order valence-electron chi connectivity index (χ3n) is 5.03. The zero-order chi connectivity index (χ0) is 19.8. The van der Waals surface area contributed by atoms with E-state index in [1.54, 1.807) is 14.2 Å². The Hall–Kier alpha value is -3.48. The molecule has 3 aromatic rings. The van der Waals surface area contributed by atoms with Crippen molar-refractivity contribution in [3.05, 3.63) is 59.6 Å². The van der Waals surface area contributed by atoms with Gasteiger partial charge in [0.2, 0.25) is 0 Å². The van der Waals surface area contributed by atoms with Gasteiger partial charge >= 0.3 is 0 Å². The van der Waals surface area contributed by atoms with Crippen LogP contribution in [0.25, 0.3) is 16.6 Å². The number of imidazole rings is 1. The molecule has 7 heteroatoms. The van der Waals surface area contributed by atoms with Gasteiger partial charge in [-0.25, -0.2) is 4.98 Å². The lowest BCUT2D eigenvalue weighted by molar-refractivity contribution is 0.346. The molecule has 0 aliphatic carbocycles. The third kappa shape index (κ3) is 2.94. The quantitative estimate of drug-likeness (QED) is 0.711. The second-order valence-electron chi connectivity index (χ2n) is 6.72. The zero-order valence-electron chi connectivity index (χ0n) is 16.1. The topological polar surface area (TPSA) is 83.6 Å². The van der Waals surface area contributed by atoms with Crippen LogP contribution in [-0.2, 0) is 13.6 Å². The predicted molar refractivity (Wildman–Crippen MR) is 108 cm³/mol. The molecule has 0 saturated heterocycles. The Bertz CT molecular complexity index is 1080. The molecular weight excluding hydrogens is 356 g/mol. The molecule has 0 fully saturated rings. The number of nitrogens with one attached hydrogen (secondary N) is 1. The van der Waals surface area contributed by atoms with Gasteiger partial charge in [-0.2, -0.15) is 0 Å².